The Bertz CT molecular complexity index is 787. The third-order valence-electron chi connectivity index (χ3n) is 2.56. The molecule has 0 N–H and O–H groups in total. The van der Waals surface area contributed by atoms with Gasteiger partial charge in [-0.2, -0.15) is 0 Å². The molecule has 0 fully saturated rings. The van der Waals surface area contributed by atoms with E-state index in [1.54, 1.807) is 38.1 Å². The van der Waals surface area contributed by atoms with Crippen LogP contribution in [0.4, 0.5) is 0 Å². The Morgan fingerprint density at radius 2 is 1.00 bits per heavy atom. The molecule has 0 aromatic heterocycles. The minimum atomic E-state index is -4.28. The third kappa shape index (κ3) is 8.02. The Morgan fingerprint density at radius 1 is 0.696 bits per heavy atom. The molecule has 0 amide bonds. The summed E-state index contributed by atoms with van der Waals surface area (Å²) in [6.45, 7) is 3.46. The molecule has 2 rings (SSSR count). The van der Waals surface area contributed by atoms with E-state index >= 15 is 0 Å². The molecule has 0 aliphatic rings. The van der Waals surface area contributed by atoms with E-state index in [0.717, 1.165) is 11.1 Å². The Balaban J connectivity index is 0.000000403. The van der Waals surface area contributed by atoms with E-state index in [0.29, 0.717) is 0 Å². The fraction of sp³-hybridized carbons (Fsp3) is 0.143. The van der Waals surface area contributed by atoms with Gasteiger partial charge in [0, 0.05) is 0 Å². The molecule has 9 heteroatoms. The van der Waals surface area contributed by atoms with Crippen molar-refractivity contribution in [1.29, 1.82) is 0 Å². The van der Waals surface area contributed by atoms with Crippen molar-refractivity contribution in [3.05, 3.63) is 59.7 Å². The first-order valence-corrected chi connectivity index (χ1v) is 8.87. The van der Waals surface area contributed by atoms with E-state index in [2.05, 4.69) is 0 Å². The quantitative estimate of drug-likeness (QED) is 0.505. The number of benzene rings is 2. The second-order valence-electron chi connectivity index (χ2n) is 4.54. The summed E-state index contributed by atoms with van der Waals surface area (Å²) in [4.78, 5) is -0.338. The van der Waals surface area contributed by atoms with Crippen LogP contribution in [0.2, 0.25) is 0 Å². The summed E-state index contributed by atoms with van der Waals surface area (Å²) in [5, 5.41) is 0. The fourth-order valence-electron chi connectivity index (χ4n) is 1.54. The van der Waals surface area contributed by atoms with Gasteiger partial charge in [0.2, 0.25) is 0 Å². The number of hydrogen-bond acceptors (Lipinski definition) is 6. The average Bonchev–Trinajstić information content (AvgIpc) is 2.37. The molecule has 0 unspecified atom stereocenters. The first-order chi connectivity index (χ1) is 10.00. The molecule has 6 nitrogen and oxygen atoms in total. The number of hydrogen-bond donors (Lipinski definition) is 0. The number of rotatable bonds is 2. The number of aryl methyl sites for hydroxylation is 2. The molecule has 2 aromatic rings. The van der Waals surface area contributed by atoms with Gasteiger partial charge in [-0.1, -0.05) is 24.3 Å². The van der Waals surface area contributed by atoms with Gasteiger partial charge in [0.15, 0.2) is 0 Å². The zero-order valence-corrected chi connectivity index (χ0v) is 18.3. The van der Waals surface area contributed by atoms with Crippen molar-refractivity contribution >= 4 is 20.2 Å². The summed E-state index contributed by atoms with van der Waals surface area (Å²) in [6.07, 6.45) is 0. The summed E-state index contributed by atoms with van der Waals surface area (Å²) in [5.41, 5.74) is 1.53. The molecule has 0 saturated heterocycles. The minimum absolute atomic E-state index is 0. The van der Waals surface area contributed by atoms with Gasteiger partial charge in [-0.05, 0) is 49.2 Å². The average molecular weight is 455 g/mol. The van der Waals surface area contributed by atoms with Crippen molar-refractivity contribution < 1.29 is 53.2 Å². The molecule has 0 aliphatic carbocycles. The Morgan fingerprint density at radius 3 is 1.17 bits per heavy atom. The maximum Gasteiger partial charge on any atom is 2.00 e. The summed E-state index contributed by atoms with van der Waals surface area (Å²) >= 11 is 0. The molecule has 0 atom stereocenters. The fourth-order valence-corrected chi connectivity index (χ4v) is 2.69. The molecule has 0 aliphatic heterocycles. The maximum atomic E-state index is 10.4. The van der Waals surface area contributed by atoms with Crippen LogP contribution in [-0.2, 0) is 47.5 Å². The second kappa shape index (κ2) is 8.87. The monoisotopic (exact) mass is 456 g/mol. The molecular formula is C14H14CdO6S2. The van der Waals surface area contributed by atoms with Crippen LogP contribution >= 0.6 is 0 Å². The van der Waals surface area contributed by atoms with E-state index in [-0.39, 0.29) is 37.1 Å². The normalized spacial score (nSPS) is 11.0. The van der Waals surface area contributed by atoms with Crippen molar-refractivity contribution in [2.75, 3.05) is 0 Å². The minimum Gasteiger partial charge on any atom is -0.744 e. The molecule has 0 radical (unpaired) electrons. The van der Waals surface area contributed by atoms with Crippen molar-refractivity contribution in [3.8, 4) is 0 Å². The second-order valence-corrected chi connectivity index (χ2v) is 7.30. The molecule has 0 bridgehead atoms. The predicted molar refractivity (Wildman–Crippen MR) is 78.3 cm³/mol. The van der Waals surface area contributed by atoms with Gasteiger partial charge in [-0.15, -0.1) is 0 Å². The van der Waals surface area contributed by atoms with E-state index in [4.69, 9.17) is 0 Å². The Labute approximate surface area is 156 Å². The van der Waals surface area contributed by atoms with E-state index in [9.17, 15) is 25.9 Å². The van der Waals surface area contributed by atoms with Crippen LogP contribution in [0.1, 0.15) is 11.1 Å². The van der Waals surface area contributed by atoms with Gasteiger partial charge < -0.3 is 9.11 Å². The van der Waals surface area contributed by atoms with Crippen molar-refractivity contribution in [1.82, 2.24) is 0 Å². The molecule has 0 spiro atoms. The van der Waals surface area contributed by atoms with Gasteiger partial charge in [-0.3, -0.25) is 0 Å². The third-order valence-corrected chi connectivity index (χ3v) is 4.22. The molecular weight excluding hydrogens is 441 g/mol. The SMILES string of the molecule is Cc1cccc(S(=O)(=O)[O-])c1.Cc1cccc(S(=O)(=O)[O-])c1.[Cd+2]. The van der Waals surface area contributed by atoms with Gasteiger partial charge in [0.05, 0.1) is 9.79 Å². The summed E-state index contributed by atoms with van der Waals surface area (Å²) < 4.78 is 62.6. The molecule has 0 saturated carbocycles. The molecule has 2 aromatic carbocycles. The van der Waals surface area contributed by atoms with Crippen LogP contribution in [0.15, 0.2) is 58.3 Å². The summed E-state index contributed by atoms with van der Waals surface area (Å²) in [6, 6.07) is 11.8. The van der Waals surface area contributed by atoms with E-state index < -0.39 is 20.2 Å². The van der Waals surface area contributed by atoms with Crippen molar-refractivity contribution in [2.24, 2.45) is 0 Å². The molecule has 0 heterocycles. The first-order valence-electron chi connectivity index (χ1n) is 6.05. The topological polar surface area (TPSA) is 114 Å². The van der Waals surface area contributed by atoms with E-state index in [1.165, 1.54) is 24.3 Å². The molecule has 23 heavy (non-hydrogen) atoms. The Kier molecular flexibility index (Phi) is 8.56. The maximum absolute atomic E-state index is 10.4. The summed E-state index contributed by atoms with van der Waals surface area (Å²) in [5.74, 6) is 0. The van der Waals surface area contributed by atoms with Crippen molar-refractivity contribution in [2.45, 2.75) is 23.6 Å². The zero-order chi connectivity index (χ0) is 17.0. The Hall–Kier alpha value is -0.818. The largest absolute Gasteiger partial charge is 2.00 e. The van der Waals surface area contributed by atoms with Crippen LogP contribution in [0.25, 0.3) is 0 Å². The van der Waals surface area contributed by atoms with Gasteiger partial charge in [-0.25, -0.2) is 16.8 Å². The van der Waals surface area contributed by atoms with Crippen LogP contribution in [0.5, 0.6) is 0 Å². The first kappa shape index (κ1) is 22.2. The summed E-state index contributed by atoms with van der Waals surface area (Å²) in [7, 11) is -8.55. The van der Waals surface area contributed by atoms with Gasteiger partial charge in [0.25, 0.3) is 0 Å². The van der Waals surface area contributed by atoms with Crippen LogP contribution < -0.4 is 0 Å². The van der Waals surface area contributed by atoms with Crippen molar-refractivity contribution in [3.63, 3.8) is 0 Å². The van der Waals surface area contributed by atoms with E-state index in [1.807, 2.05) is 0 Å². The van der Waals surface area contributed by atoms with Gasteiger partial charge in [0.1, 0.15) is 20.2 Å². The smallest absolute Gasteiger partial charge is 0.744 e. The van der Waals surface area contributed by atoms with Crippen LogP contribution in [-0.4, -0.2) is 25.9 Å². The van der Waals surface area contributed by atoms with Gasteiger partial charge >= 0.3 is 27.3 Å². The predicted octanol–water partition coefficient (Wildman–Crippen LogP) is 1.80. The van der Waals surface area contributed by atoms with Crippen LogP contribution in [0, 0.1) is 13.8 Å². The zero-order valence-electron chi connectivity index (χ0n) is 12.6. The van der Waals surface area contributed by atoms with Crippen LogP contribution in [0.3, 0.4) is 0 Å². The molecule has 120 valence electrons. The standard InChI is InChI=1S/2C7H8O3S.Cd/c2*1-6-3-2-4-7(5-6)11(8,9)10;/h2*2-5H,1H3,(H,8,9,10);/q;;+2/p-2.